The molecule has 0 amide bonds. The Bertz CT molecular complexity index is 1540. The molecule has 10 N–H and O–H groups in total. The summed E-state index contributed by atoms with van der Waals surface area (Å²) in [5, 5.41) is 101. The quantitative estimate of drug-likeness (QED) is 0.140. The van der Waals surface area contributed by atoms with Crippen molar-refractivity contribution in [2.45, 2.75) is 68.3 Å². The van der Waals surface area contributed by atoms with Gasteiger partial charge in [-0.15, -0.1) is 0 Å². The van der Waals surface area contributed by atoms with Crippen molar-refractivity contribution in [1.82, 2.24) is 0 Å². The second kappa shape index (κ2) is 11.8. The van der Waals surface area contributed by atoms with Gasteiger partial charge in [0.1, 0.15) is 65.2 Å². The summed E-state index contributed by atoms with van der Waals surface area (Å²) in [6.07, 6.45) is -16.2. The van der Waals surface area contributed by atoms with Gasteiger partial charge in [-0.05, 0) is 25.1 Å². The van der Waals surface area contributed by atoms with E-state index in [-0.39, 0.29) is 11.1 Å². The molecule has 0 aliphatic carbocycles. The third-order valence-electron chi connectivity index (χ3n) is 7.29. The van der Waals surface area contributed by atoms with E-state index in [0.717, 1.165) is 24.3 Å². The first-order valence-corrected chi connectivity index (χ1v) is 13.0. The first-order valence-electron chi connectivity index (χ1n) is 13.0. The lowest BCUT2D eigenvalue weighted by molar-refractivity contribution is -0.318. The monoisotopic (exact) mass is 610 g/mol. The summed E-state index contributed by atoms with van der Waals surface area (Å²) in [7, 11) is 0. The SMILES string of the molecule is C[C@@H]1O[C@@H](OC[C@@H]2O[C@@H](Oc3c(-c4ccc(O)c(O)c4)oc4cc(O)cc(O)c4c3=O)[C@H](O)[C@H](O)[C@@H]2O)[C@@H](O)[C@H](O)[C@H]1O. The van der Waals surface area contributed by atoms with Gasteiger partial charge < -0.3 is 74.4 Å². The molecule has 2 saturated heterocycles. The number of hydrogen-bond donors (Lipinski definition) is 10. The number of aliphatic hydroxyl groups is 6. The van der Waals surface area contributed by atoms with Gasteiger partial charge in [0.15, 0.2) is 23.5 Å². The first kappa shape index (κ1) is 30.7. The van der Waals surface area contributed by atoms with E-state index in [4.69, 9.17) is 23.4 Å². The fourth-order valence-electron chi connectivity index (χ4n) is 4.84. The van der Waals surface area contributed by atoms with Crippen molar-refractivity contribution in [2.75, 3.05) is 6.61 Å². The molecular weight excluding hydrogens is 580 g/mol. The highest BCUT2D eigenvalue weighted by atomic mass is 16.7. The van der Waals surface area contributed by atoms with Crippen LogP contribution in [0, 0.1) is 0 Å². The molecule has 16 nitrogen and oxygen atoms in total. The highest BCUT2D eigenvalue weighted by Gasteiger charge is 2.47. The van der Waals surface area contributed by atoms with Gasteiger partial charge in [0, 0.05) is 17.7 Å². The van der Waals surface area contributed by atoms with E-state index in [1.54, 1.807) is 0 Å². The Kier molecular flexibility index (Phi) is 8.41. The molecule has 0 saturated carbocycles. The molecule has 0 spiro atoms. The van der Waals surface area contributed by atoms with Crippen LogP contribution in [0.15, 0.2) is 39.5 Å². The van der Waals surface area contributed by atoms with E-state index in [1.807, 2.05) is 0 Å². The topological polar surface area (TPSA) is 269 Å². The number of aliphatic hydroxyl groups excluding tert-OH is 6. The average molecular weight is 611 g/mol. The number of rotatable bonds is 6. The van der Waals surface area contributed by atoms with Crippen molar-refractivity contribution in [3.8, 4) is 40.1 Å². The minimum Gasteiger partial charge on any atom is -0.508 e. The van der Waals surface area contributed by atoms with Crippen molar-refractivity contribution in [3.63, 3.8) is 0 Å². The average Bonchev–Trinajstić information content (AvgIpc) is 2.96. The molecule has 2 aliphatic rings. The largest absolute Gasteiger partial charge is 0.508 e. The fraction of sp³-hybridized carbons (Fsp3) is 0.444. The van der Waals surface area contributed by atoms with E-state index in [9.17, 15) is 55.9 Å². The molecule has 10 atom stereocenters. The minimum absolute atomic E-state index is 0.0313. The Morgan fingerprint density at radius 3 is 2.12 bits per heavy atom. The van der Waals surface area contributed by atoms with Gasteiger partial charge >= 0.3 is 0 Å². The maximum absolute atomic E-state index is 13.6. The van der Waals surface area contributed by atoms with E-state index < -0.39 is 113 Å². The van der Waals surface area contributed by atoms with Crippen LogP contribution in [0.1, 0.15) is 6.92 Å². The van der Waals surface area contributed by atoms with Crippen LogP contribution in [-0.2, 0) is 14.2 Å². The van der Waals surface area contributed by atoms with Gasteiger partial charge in [0.05, 0.1) is 12.7 Å². The Hall–Kier alpha value is -3.71. The van der Waals surface area contributed by atoms with Crippen molar-refractivity contribution >= 4 is 11.0 Å². The van der Waals surface area contributed by atoms with Crippen LogP contribution in [-0.4, -0.2) is 119 Å². The molecule has 2 fully saturated rings. The number of ether oxygens (including phenoxy) is 4. The molecule has 2 aliphatic heterocycles. The summed E-state index contributed by atoms with van der Waals surface area (Å²) in [4.78, 5) is 13.6. The number of phenolic OH excluding ortho intramolecular Hbond substituents is 4. The maximum Gasteiger partial charge on any atom is 0.239 e. The number of hydrogen-bond acceptors (Lipinski definition) is 16. The molecule has 2 aromatic carbocycles. The van der Waals surface area contributed by atoms with Crippen LogP contribution in [0.4, 0.5) is 0 Å². The van der Waals surface area contributed by atoms with E-state index >= 15 is 0 Å². The lowest BCUT2D eigenvalue weighted by Crippen LogP contribution is -2.61. The fourth-order valence-corrected chi connectivity index (χ4v) is 4.84. The van der Waals surface area contributed by atoms with Gasteiger partial charge in [-0.2, -0.15) is 0 Å². The standard InChI is InChI=1S/C27H30O16/c1-8-17(32)20(35)22(37)26(40-8)39-7-15-18(33)21(36)23(38)27(42-15)43-25-19(34)16-13(31)5-10(28)6-14(16)41-24(25)9-2-3-11(29)12(30)4-9/h2-6,8,15,17-18,20-23,26-33,35-38H,7H2,1H3/t8-,15-,17-,18+,20+,21+,22-,23+,26+,27-/m0/s1. The van der Waals surface area contributed by atoms with Gasteiger partial charge in [-0.3, -0.25) is 4.79 Å². The Balaban J connectivity index is 1.48. The molecule has 5 rings (SSSR count). The van der Waals surface area contributed by atoms with Crippen LogP contribution in [0.3, 0.4) is 0 Å². The Morgan fingerprint density at radius 2 is 1.42 bits per heavy atom. The van der Waals surface area contributed by atoms with Crippen molar-refractivity contribution in [2.24, 2.45) is 0 Å². The van der Waals surface area contributed by atoms with Crippen molar-refractivity contribution in [3.05, 3.63) is 40.6 Å². The zero-order valence-corrected chi connectivity index (χ0v) is 22.3. The summed E-state index contributed by atoms with van der Waals surface area (Å²) >= 11 is 0. The molecule has 234 valence electrons. The Morgan fingerprint density at radius 1 is 0.744 bits per heavy atom. The highest BCUT2D eigenvalue weighted by molar-refractivity contribution is 5.88. The molecular formula is C27H30O16. The summed E-state index contributed by atoms with van der Waals surface area (Å²) in [5.74, 6) is -3.33. The molecule has 0 radical (unpaired) electrons. The summed E-state index contributed by atoms with van der Waals surface area (Å²) < 4.78 is 27.8. The van der Waals surface area contributed by atoms with E-state index in [0.29, 0.717) is 0 Å². The number of fused-ring (bicyclic) bond motifs is 1. The Labute approximate surface area is 241 Å². The van der Waals surface area contributed by atoms with E-state index in [2.05, 4.69) is 0 Å². The lowest BCUT2D eigenvalue weighted by Gasteiger charge is -2.42. The van der Waals surface area contributed by atoms with Crippen LogP contribution in [0.5, 0.6) is 28.7 Å². The lowest BCUT2D eigenvalue weighted by atomic mass is 9.98. The predicted molar refractivity (Wildman–Crippen MR) is 140 cm³/mol. The molecule has 3 aromatic rings. The first-order chi connectivity index (χ1) is 20.3. The molecule has 0 unspecified atom stereocenters. The second-order valence-electron chi connectivity index (χ2n) is 10.3. The van der Waals surface area contributed by atoms with Crippen LogP contribution in [0.25, 0.3) is 22.3 Å². The minimum atomic E-state index is -1.97. The molecule has 3 heterocycles. The summed E-state index contributed by atoms with van der Waals surface area (Å²) in [6, 6.07) is 5.24. The molecule has 16 heteroatoms. The van der Waals surface area contributed by atoms with Crippen molar-refractivity contribution < 1.29 is 74.4 Å². The second-order valence-corrected chi connectivity index (χ2v) is 10.3. The number of phenols is 4. The van der Waals surface area contributed by atoms with Gasteiger partial charge in [0.2, 0.25) is 17.5 Å². The zero-order chi connectivity index (χ0) is 31.3. The smallest absolute Gasteiger partial charge is 0.239 e. The van der Waals surface area contributed by atoms with Crippen LogP contribution < -0.4 is 10.2 Å². The van der Waals surface area contributed by atoms with Gasteiger partial charge in [-0.1, -0.05) is 0 Å². The highest BCUT2D eigenvalue weighted by Crippen LogP contribution is 2.39. The number of benzene rings is 2. The summed E-state index contributed by atoms with van der Waals surface area (Å²) in [5.41, 5.74) is -1.35. The summed E-state index contributed by atoms with van der Waals surface area (Å²) in [6.45, 7) is 0.818. The molecule has 0 bridgehead atoms. The number of aromatic hydroxyl groups is 4. The molecule has 1 aromatic heterocycles. The molecule has 43 heavy (non-hydrogen) atoms. The third kappa shape index (κ3) is 5.67. The van der Waals surface area contributed by atoms with Crippen molar-refractivity contribution in [1.29, 1.82) is 0 Å². The van der Waals surface area contributed by atoms with Crippen LogP contribution in [0.2, 0.25) is 0 Å². The van der Waals surface area contributed by atoms with Gasteiger partial charge in [-0.25, -0.2) is 0 Å². The zero-order valence-electron chi connectivity index (χ0n) is 22.3. The van der Waals surface area contributed by atoms with Crippen LogP contribution >= 0.6 is 0 Å². The predicted octanol–water partition coefficient (Wildman–Crippen LogP) is -1.69. The van der Waals surface area contributed by atoms with E-state index in [1.165, 1.54) is 13.0 Å². The normalized spacial score (nSPS) is 33.0. The van der Waals surface area contributed by atoms with Gasteiger partial charge in [0.25, 0.3) is 0 Å². The third-order valence-corrected chi connectivity index (χ3v) is 7.29. The maximum atomic E-state index is 13.6.